The number of methoxy groups -OCH3 is 1. The molecule has 1 aliphatic rings. The standard InChI is InChI=1S/C17H23N3O4S/c1-12(2)16-18-17(24-19-16)14-11-13(7-8-15(14)23-3)25(21,22)20-9-5-4-6-10-20/h7-8,11-12H,4-6,9-10H2,1-3H3. The van der Waals surface area contributed by atoms with Crippen LogP contribution < -0.4 is 4.74 Å². The van der Waals surface area contributed by atoms with Crippen LogP contribution >= 0.6 is 0 Å². The summed E-state index contributed by atoms with van der Waals surface area (Å²) in [5.41, 5.74) is 0.486. The van der Waals surface area contributed by atoms with Crippen molar-refractivity contribution in [2.45, 2.75) is 43.9 Å². The van der Waals surface area contributed by atoms with Crippen molar-refractivity contribution < 1.29 is 17.7 Å². The second-order valence-electron chi connectivity index (χ2n) is 6.44. The SMILES string of the molecule is COc1ccc(S(=O)(=O)N2CCCCC2)cc1-c1nc(C(C)C)no1. The van der Waals surface area contributed by atoms with Gasteiger partial charge in [-0.25, -0.2) is 8.42 Å². The molecule has 0 bridgehead atoms. The maximum Gasteiger partial charge on any atom is 0.261 e. The molecule has 136 valence electrons. The Morgan fingerprint density at radius 2 is 1.92 bits per heavy atom. The number of aromatic nitrogens is 2. The molecule has 25 heavy (non-hydrogen) atoms. The van der Waals surface area contributed by atoms with Gasteiger partial charge >= 0.3 is 0 Å². The zero-order valence-corrected chi connectivity index (χ0v) is 15.5. The zero-order valence-electron chi connectivity index (χ0n) is 14.7. The fourth-order valence-electron chi connectivity index (χ4n) is 2.85. The normalized spacial score (nSPS) is 16.3. The predicted octanol–water partition coefficient (Wildman–Crippen LogP) is 3.04. The quantitative estimate of drug-likeness (QED) is 0.809. The third kappa shape index (κ3) is 3.55. The van der Waals surface area contributed by atoms with Crippen LogP contribution in [0.5, 0.6) is 5.75 Å². The topological polar surface area (TPSA) is 85.5 Å². The second kappa shape index (κ2) is 7.13. The lowest BCUT2D eigenvalue weighted by Crippen LogP contribution is -2.35. The second-order valence-corrected chi connectivity index (χ2v) is 8.38. The molecular weight excluding hydrogens is 342 g/mol. The molecule has 0 aliphatic carbocycles. The Kier molecular flexibility index (Phi) is 5.10. The first-order chi connectivity index (χ1) is 11.9. The fraction of sp³-hybridized carbons (Fsp3) is 0.529. The van der Waals surface area contributed by atoms with Crippen LogP contribution in [-0.4, -0.2) is 43.1 Å². The van der Waals surface area contributed by atoms with Gasteiger partial charge in [0.1, 0.15) is 5.75 Å². The number of ether oxygens (including phenoxy) is 1. The minimum Gasteiger partial charge on any atom is -0.496 e. The van der Waals surface area contributed by atoms with E-state index in [0.717, 1.165) is 19.3 Å². The van der Waals surface area contributed by atoms with E-state index >= 15 is 0 Å². The molecule has 0 atom stereocenters. The average molecular weight is 365 g/mol. The van der Waals surface area contributed by atoms with Gasteiger partial charge in [-0.3, -0.25) is 0 Å². The first-order valence-corrected chi connectivity index (χ1v) is 9.89. The van der Waals surface area contributed by atoms with Crippen LogP contribution in [-0.2, 0) is 10.0 Å². The van der Waals surface area contributed by atoms with Gasteiger partial charge in [-0.05, 0) is 31.0 Å². The van der Waals surface area contributed by atoms with Gasteiger partial charge in [-0.1, -0.05) is 25.4 Å². The highest BCUT2D eigenvalue weighted by molar-refractivity contribution is 7.89. The summed E-state index contributed by atoms with van der Waals surface area (Å²) in [4.78, 5) is 4.58. The lowest BCUT2D eigenvalue weighted by atomic mass is 10.2. The molecular formula is C17H23N3O4S. The number of rotatable bonds is 5. The van der Waals surface area contributed by atoms with Crippen LogP contribution in [0.1, 0.15) is 44.9 Å². The highest BCUT2D eigenvalue weighted by atomic mass is 32.2. The van der Waals surface area contributed by atoms with Gasteiger partial charge in [-0.15, -0.1) is 0 Å². The maximum absolute atomic E-state index is 12.9. The zero-order chi connectivity index (χ0) is 18.0. The van der Waals surface area contributed by atoms with Crippen molar-refractivity contribution in [1.82, 2.24) is 14.4 Å². The van der Waals surface area contributed by atoms with Crippen molar-refractivity contribution in [2.75, 3.05) is 20.2 Å². The summed E-state index contributed by atoms with van der Waals surface area (Å²) in [5, 5.41) is 3.95. The Labute approximate surface area is 148 Å². The number of hydrogen-bond acceptors (Lipinski definition) is 6. The van der Waals surface area contributed by atoms with E-state index in [2.05, 4.69) is 10.1 Å². The van der Waals surface area contributed by atoms with E-state index in [1.807, 2.05) is 13.8 Å². The number of benzene rings is 1. The molecule has 2 aromatic rings. The summed E-state index contributed by atoms with van der Waals surface area (Å²) in [6, 6.07) is 4.75. The molecule has 0 spiro atoms. The summed E-state index contributed by atoms with van der Waals surface area (Å²) >= 11 is 0. The van der Waals surface area contributed by atoms with Gasteiger partial charge in [0.05, 0.1) is 17.6 Å². The Hall–Kier alpha value is -1.93. The van der Waals surface area contributed by atoms with Gasteiger partial charge in [0.25, 0.3) is 5.89 Å². The van der Waals surface area contributed by atoms with Crippen LogP contribution in [0.3, 0.4) is 0 Å². The highest BCUT2D eigenvalue weighted by Gasteiger charge is 2.27. The molecule has 7 nitrogen and oxygen atoms in total. The molecule has 1 aliphatic heterocycles. The Bertz CT molecular complexity index is 839. The van der Waals surface area contributed by atoms with Crippen molar-refractivity contribution >= 4 is 10.0 Å². The summed E-state index contributed by atoms with van der Waals surface area (Å²) in [7, 11) is -2.01. The van der Waals surface area contributed by atoms with E-state index in [1.54, 1.807) is 18.2 Å². The molecule has 1 aromatic carbocycles. The van der Waals surface area contributed by atoms with E-state index in [0.29, 0.717) is 30.2 Å². The minimum atomic E-state index is -3.54. The molecule has 1 saturated heterocycles. The monoisotopic (exact) mass is 365 g/mol. The van der Waals surface area contributed by atoms with Gasteiger partial charge in [-0.2, -0.15) is 9.29 Å². The number of sulfonamides is 1. The largest absolute Gasteiger partial charge is 0.496 e. The molecule has 8 heteroatoms. The molecule has 1 fully saturated rings. The lowest BCUT2D eigenvalue weighted by Gasteiger charge is -2.26. The summed E-state index contributed by atoms with van der Waals surface area (Å²) in [6.07, 6.45) is 2.85. The Morgan fingerprint density at radius 1 is 1.20 bits per heavy atom. The van der Waals surface area contributed by atoms with Gasteiger partial charge in [0.2, 0.25) is 10.0 Å². The van der Waals surface area contributed by atoms with E-state index in [9.17, 15) is 8.42 Å². The summed E-state index contributed by atoms with van der Waals surface area (Å²) in [6.45, 7) is 5.04. The van der Waals surface area contributed by atoms with Gasteiger partial charge in [0.15, 0.2) is 5.82 Å². The highest BCUT2D eigenvalue weighted by Crippen LogP contribution is 2.33. The molecule has 2 heterocycles. The van der Waals surface area contributed by atoms with Crippen molar-refractivity contribution in [3.63, 3.8) is 0 Å². The van der Waals surface area contributed by atoms with Gasteiger partial charge < -0.3 is 9.26 Å². The first-order valence-electron chi connectivity index (χ1n) is 8.45. The van der Waals surface area contributed by atoms with Crippen molar-refractivity contribution in [1.29, 1.82) is 0 Å². The smallest absolute Gasteiger partial charge is 0.261 e. The lowest BCUT2D eigenvalue weighted by molar-refractivity contribution is 0.346. The van der Waals surface area contributed by atoms with Crippen LogP contribution in [0, 0.1) is 0 Å². The van der Waals surface area contributed by atoms with Gasteiger partial charge in [0, 0.05) is 19.0 Å². The van der Waals surface area contributed by atoms with Crippen LogP contribution in [0.4, 0.5) is 0 Å². The van der Waals surface area contributed by atoms with E-state index < -0.39 is 10.0 Å². The minimum absolute atomic E-state index is 0.115. The summed E-state index contributed by atoms with van der Waals surface area (Å²) in [5.74, 6) is 1.44. The van der Waals surface area contributed by atoms with Crippen molar-refractivity contribution in [3.8, 4) is 17.2 Å². The number of nitrogens with zero attached hydrogens (tertiary/aromatic N) is 3. The predicted molar refractivity (Wildman–Crippen MR) is 93.0 cm³/mol. The Morgan fingerprint density at radius 3 is 2.52 bits per heavy atom. The van der Waals surface area contributed by atoms with Crippen LogP contribution in [0.2, 0.25) is 0 Å². The van der Waals surface area contributed by atoms with E-state index in [4.69, 9.17) is 9.26 Å². The number of piperidine rings is 1. The first kappa shape index (κ1) is 17.9. The van der Waals surface area contributed by atoms with Crippen molar-refractivity contribution in [2.24, 2.45) is 0 Å². The van der Waals surface area contributed by atoms with E-state index in [-0.39, 0.29) is 16.7 Å². The molecule has 1 aromatic heterocycles. The fourth-order valence-corrected chi connectivity index (χ4v) is 4.39. The molecule has 0 unspecified atom stereocenters. The molecule has 0 saturated carbocycles. The molecule has 0 radical (unpaired) electrons. The summed E-state index contributed by atoms with van der Waals surface area (Å²) < 4.78 is 38.0. The average Bonchev–Trinajstić information content (AvgIpc) is 3.12. The van der Waals surface area contributed by atoms with E-state index in [1.165, 1.54) is 11.4 Å². The maximum atomic E-state index is 12.9. The number of hydrogen-bond donors (Lipinski definition) is 0. The Balaban J connectivity index is 2.02. The molecule has 3 rings (SSSR count). The molecule has 0 N–H and O–H groups in total. The third-order valence-corrected chi connectivity index (χ3v) is 6.21. The molecule has 0 amide bonds. The van der Waals surface area contributed by atoms with Crippen LogP contribution in [0.25, 0.3) is 11.5 Å². The van der Waals surface area contributed by atoms with Crippen LogP contribution in [0.15, 0.2) is 27.6 Å². The third-order valence-electron chi connectivity index (χ3n) is 4.31. The van der Waals surface area contributed by atoms with Crippen molar-refractivity contribution in [3.05, 3.63) is 24.0 Å².